The Balaban J connectivity index is 2.84. The largest absolute Gasteiger partial charge is 0.455 e. The van der Waals surface area contributed by atoms with Gasteiger partial charge in [-0.2, -0.15) is 0 Å². The van der Waals surface area contributed by atoms with Gasteiger partial charge in [0, 0.05) is 0 Å². The van der Waals surface area contributed by atoms with Gasteiger partial charge in [0.25, 0.3) is 0 Å². The summed E-state index contributed by atoms with van der Waals surface area (Å²) in [5, 5.41) is 0. The Morgan fingerprint density at radius 1 is 1.69 bits per heavy atom. The lowest BCUT2D eigenvalue weighted by molar-refractivity contribution is 0.550. The molecule has 70 valence electrons. The topological polar surface area (TPSA) is 39.2 Å². The smallest absolute Gasteiger partial charge is 0.190 e. The molecule has 0 saturated heterocycles. The summed E-state index contributed by atoms with van der Waals surface area (Å²) in [4.78, 5) is 0. The van der Waals surface area contributed by atoms with Crippen LogP contribution in [0.1, 0.15) is 26.0 Å². The molecular formula is C10H12BrNO. The molecule has 1 heterocycles. The Labute approximate surface area is 86.6 Å². The molecule has 0 aliphatic heterocycles. The highest BCUT2D eigenvalue weighted by atomic mass is 79.9. The van der Waals surface area contributed by atoms with Crippen LogP contribution < -0.4 is 5.73 Å². The summed E-state index contributed by atoms with van der Waals surface area (Å²) < 4.78 is 6.00. The molecule has 0 saturated carbocycles. The monoisotopic (exact) mass is 241 g/mol. The van der Waals surface area contributed by atoms with E-state index in [4.69, 9.17) is 10.2 Å². The average Bonchev–Trinajstić information content (AvgIpc) is 2.48. The van der Waals surface area contributed by atoms with Crippen molar-refractivity contribution in [3.05, 3.63) is 22.6 Å². The van der Waals surface area contributed by atoms with Crippen molar-refractivity contribution in [1.82, 2.24) is 0 Å². The van der Waals surface area contributed by atoms with E-state index in [0.29, 0.717) is 5.76 Å². The second-order valence-electron chi connectivity index (χ2n) is 3.12. The molecule has 3 heteroatoms. The molecule has 1 atom stereocenters. The van der Waals surface area contributed by atoms with E-state index in [0.717, 1.165) is 10.9 Å². The Kier molecular flexibility index (Phi) is 3.18. The fourth-order valence-electron chi connectivity index (χ4n) is 0.671. The highest BCUT2D eigenvalue weighted by Gasteiger charge is 2.10. The number of furan rings is 1. The maximum atomic E-state index is 5.85. The third kappa shape index (κ3) is 2.91. The minimum absolute atomic E-state index is 0.438. The van der Waals surface area contributed by atoms with Gasteiger partial charge in [-0.3, -0.25) is 0 Å². The van der Waals surface area contributed by atoms with Crippen LogP contribution in [0.25, 0.3) is 0 Å². The number of nitrogens with two attached hydrogens (primary N) is 1. The van der Waals surface area contributed by atoms with Gasteiger partial charge in [0.05, 0.1) is 16.3 Å². The van der Waals surface area contributed by atoms with Gasteiger partial charge < -0.3 is 10.2 Å². The maximum absolute atomic E-state index is 5.85. The van der Waals surface area contributed by atoms with Crippen molar-refractivity contribution >= 4 is 15.9 Å². The van der Waals surface area contributed by atoms with Crippen LogP contribution in [0.15, 0.2) is 21.2 Å². The maximum Gasteiger partial charge on any atom is 0.190 e. The molecule has 1 aromatic rings. The first-order valence-electron chi connectivity index (χ1n) is 4.10. The molecule has 2 N–H and O–H groups in total. The van der Waals surface area contributed by atoms with Gasteiger partial charge >= 0.3 is 0 Å². The van der Waals surface area contributed by atoms with Crippen molar-refractivity contribution in [2.45, 2.75) is 25.8 Å². The average molecular weight is 242 g/mol. The Hall–Kier alpha value is -0.720. The third-order valence-electron chi connectivity index (χ3n) is 1.81. The lowest BCUT2D eigenvalue weighted by atomic mass is 10.0. The number of rotatable bonds is 1. The molecule has 2 nitrogen and oxygen atoms in total. The second-order valence-corrected chi connectivity index (χ2v) is 3.97. The fraction of sp³-hybridized carbons (Fsp3) is 0.400. The first kappa shape index (κ1) is 10.4. The van der Waals surface area contributed by atoms with E-state index < -0.39 is 5.54 Å². The zero-order chi connectivity index (χ0) is 9.90. The summed E-state index contributed by atoms with van der Waals surface area (Å²) in [5.74, 6) is 6.48. The van der Waals surface area contributed by atoms with Crippen molar-refractivity contribution < 1.29 is 4.42 Å². The van der Waals surface area contributed by atoms with Crippen LogP contribution in [0.4, 0.5) is 0 Å². The zero-order valence-corrected chi connectivity index (χ0v) is 9.31. The van der Waals surface area contributed by atoms with Gasteiger partial charge in [-0.25, -0.2) is 0 Å². The van der Waals surface area contributed by atoms with Crippen LogP contribution in [0.2, 0.25) is 0 Å². The van der Waals surface area contributed by atoms with Gasteiger partial charge in [0.15, 0.2) is 5.76 Å². The predicted octanol–water partition coefficient (Wildman–Crippen LogP) is 2.52. The van der Waals surface area contributed by atoms with Gasteiger partial charge in [-0.05, 0) is 41.3 Å². The normalized spacial score (nSPS) is 14.5. The predicted molar refractivity (Wildman–Crippen MR) is 56.2 cm³/mol. The molecule has 0 aliphatic carbocycles. The number of hydrogen-bond donors (Lipinski definition) is 1. The van der Waals surface area contributed by atoms with Crippen LogP contribution >= 0.6 is 15.9 Å². The molecule has 0 aliphatic rings. The Bertz CT molecular complexity index is 343. The molecule has 0 bridgehead atoms. The standard InChI is InChI=1S/C10H12BrNO/c1-3-10(2,12)6-4-9-8(11)5-7-13-9/h5,7H,3,12H2,1-2H3. The molecule has 0 fully saturated rings. The fourth-order valence-corrected chi connectivity index (χ4v) is 0.971. The molecule has 1 unspecified atom stereocenters. The van der Waals surface area contributed by atoms with Crippen LogP contribution in [0.3, 0.4) is 0 Å². The summed E-state index contributed by atoms with van der Waals surface area (Å²) in [6.45, 7) is 3.91. The quantitative estimate of drug-likeness (QED) is 0.768. The number of halogens is 1. The van der Waals surface area contributed by atoms with E-state index in [1.807, 2.05) is 19.9 Å². The number of hydrogen-bond acceptors (Lipinski definition) is 2. The van der Waals surface area contributed by atoms with Crippen LogP contribution in [0, 0.1) is 11.8 Å². The Morgan fingerprint density at radius 2 is 2.38 bits per heavy atom. The van der Waals surface area contributed by atoms with Crippen LogP contribution in [-0.4, -0.2) is 5.54 Å². The van der Waals surface area contributed by atoms with Crippen molar-refractivity contribution in [3.63, 3.8) is 0 Å². The van der Waals surface area contributed by atoms with E-state index >= 15 is 0 Å². The Morgan fingerprint density at radius 3 is 2.85 bits per heavy atom. The van der Waals surface area contributed by atoms with Crippen molar-refractivity contribution in [3.8, 4) is 11.8 Å². The second kappa shape index (κ2) is 3.99. The molecule has 0 aromatic carbocycles. The molecule has 1 rings (SSSR count). The molecule has 13 heavy (non-hydrogen) atoms. The lowest BCUT2D eigenvalue weighted by Gasteiger charge is -2.12. The third-order valence-corrected chi connectivity index (χ3v) is 2.44. The molecule has 0 amide bonds. The van der Waals surface area contributed by atoms with E-state index in [2.05, 4.69) is 27.8 Å². The minimum Gasteiger partial charge on any atom is -0.455 e. The van der Waals surface area contributed by atoms with Gasteiger partial charge in [-0.15, -0.1) is 0 Å². The van der Waals surface area contributed by atoms with Crippen LogP contribution in [-0.2, 0) is 0 Å². The summed E-state index contributed by atoms with van der Waals surface area (Å²) >= 11 is 3.32. The van der Waals surface area contributed by atoms with Gasteiger partial charge in [0.2, 0.25) is 0 Å². The molecular weight excluding hydrogens is 230 g/mol. The highest BCUT2D eigenvalue weighted by Crippen LogP contribution is 2.16. The van der Waals surface area contributed by atoms with E-state index in [1.54, 1.807) is 6.26 Å². The zero-order valence-electron chi connectivity index (χ0n) is 7.73. The first-order valence-corrected chi connectivity index (χ1v) is 4.89. The molecule has 1 aromatic heterocycles. The van der Waals surface area contributed by atoms with Crippen molar-refractivity contribution in [1.29, 1.82) is 0 Å². The van der Waals surface area contributed by atoms with Crippen LogP contribution in [0.5, 0.6) is 0 Å². The van der Waals surface area contributed by atoms with Crippen molar-refractivity contribution in [2.24, 2.45) is 5.73 Å². The highest BCUT2D eigenvalue weighted by molar-refractivity contribution is 9.10. The summed E-state index contributed by atoms with van der Waals surface area (Å²) in [7, 11) is 0. The molecule has 0 spiro atoms. The van der Waals surface area contributed by atoms with E-state index in [1.165, 1.54) is 0 Å². The summed E-state index contributed by atoms with van der Waals surface area (Å²) in [5.41, 5.74) is 5.41. The minimum atomic E-state index is -0.438. The van der Waals surface area contributed by atoms with E-state index in [9.17, 15) is 0 Å². The lowest BCUT2D eigenvalue weighted by Crippen LogP contribution is -2.32. The first-order chi connectivity index (χ1) is 6.05. The van der Waals surface area contributed by atoms with E-state index in [-0.39, 0.29) is 0 Å². The van der Waals surface area contributed by atoms with Crippen molar-refractivity contribution in [2.75, 3.05) is 0 Å². The van der Waals surface area contributed by atoms with Gasteiger partial charge in [0.1, 0.15) is 0 Å². The summed E-state index contributed by atoms with van der Waals surface area (Å²) in [6.07, 6.45) is 2.41. The van der Waals surface area contributed by atoms with Gasteiger partial charge in [-0.1, -0.05) is 12.8 Å². The molecule has 0 radical (unpaired) electrons. The summed E-state index contributed by atoms with van der Waals surface area (Å²) in [6, 6.07) is 1.81. The SMILES string of the molecule is CCC(C)(N)C#Cc1occc1Br.